The molecule has 5 heteroatoms. The Morgan fingerprint density at radius 3 is 2.52 bits per heavy atom. The average molecular weight is 345 g/mol. The van der Waals surface area contributed by atoms with E-state index >= 15 is 0 Å². The van der Waals surface area contributed by atoms with Crippen molar-refractivity contribution in [2.45, 2.75) is 58.8 Å². The number of hydrogen-bond acceptors (Lipinski definition) is 3. The van der Waals surface area contributed by atoms with Crippen LogP contribution in [0.1, 0.15) is 69.2 Å². The van der Waals surface area contributed by atoms with E-state index < -0.39 is 0 Å². The van der Waals surface area contributed by atoms with Crippen molar-refractivity contribution in [3.63, 3.8) is 0 Å². The molecule has 138 valence electrons. The minimum Gasteiger partial charge on any atom is -0.371 e. The SMILES string of the molecule is CCCCCC(=O)Nc1ccc(N2CCCC2)c(C(=O)NCCC)c1. The van der Waals surface area contributed by atoms with E-state index in [1.165, 1.54) is 0 Å². The first-order chi connectivity index (χ1) is 12.2. The van der Waals surface area contributed by atoms with Crippen LogP contribution in [0.15, 0.2) is 18.2 Å². The van der Waals surface area contributed by atoms with Gasteiger partial charge in [0.2, 0.25) is 5.91 Å². The molecule has 0 bridgehead atoms. The molecular formula is C20H31N3O2. The Hall–Kier alpha value is -2.04. The predicted molar refractivity (Wildman–Crippen MR) is 103 cm³/mol. The molecule has 25 heavy (non-hydrogen) atoms. The number of nitrogens with zero attached hydrogens (tertiary/aromatic N) is 1. The maximum absolute atomic E-state index is 12.6. The van der Waals surface area contributed by atoms with Crippen molar-refractivity contribution in [3.8, 4) is 0 Å². The molecule has 1 aromatic carbocycles. The summed E-state index contributed by atoms with van der Waals surface area (Å²) >= 11 is 0. The highest BCUT2D eigenvalue weighted by molar-refractivity contribution is 6.02. The lowest BCUT2D eigenvalue weighted by molar-refractivity contribution is -0.116. The van der Waals surface area contributed by atoms with Crippen molar-refractivity contribution < 1.29 is 9.59 Å². The van der Waals surface area contributed by atoms with Crippen molar-refractivity contribution in [1.29, 1.82) is 0 Å². The Kier molecular flexibility index (Phi) is 7.76. The summed E-state index contributed by atoms with van der Waals surface area (Å²) < 4.78 is 0. The molecule has 1 fully saturated rings. The van der Waals surface area contributed by atoms with Crippen molar-refractivity contribution in [2.75, 3.05) is 29.9 Å². The highest BCUT2D eigenvalue weighted by atomic mass is 16.2. The van der Waals surface area contributed by atoms with Crippen LogP contribution >= 0.6 is 0 Å². The van der Waals surface area contributed by atoms with Crippen LogP contribution < -0.4 is 15.5 Å². The van der Waals surface area contributed by atoms with E-state index in [9.17, 15) is 9.59 Å². The lowest BCUT2D eigenvalue weighted by Gasteiger charge is -2.22. The number of rotatable bonds is 9. The topological polar surface area (TPSA) is 61.4 Å². The Bertz CT molecular complexity index is 580. The molecule has 0 unspecified atom stereocenters. The standard InChI is InChI=1S/C20H31N3O2/c1-3-5-6-9-19(24)22-16-10-11-18(23-13-7-8-14-23)17(15-16)20(25)21-12-4-2/h10-11,15H,3-9,12-14H2,1-2H3,(H,21,25)(H,22,24). The van der Waals surface area contributed by atoms with Gasteiger partial charge < -0.3 is 15.5 Å². The number of unbranched alkanes of at least 4 members (excludes halogenated alkanes) is 2. The summed E-state index contributed by atoms with van der Waals surface area (Å²) in [6, 6.07) is 5.69. The zero-order valence-electron chi connectivity index (χ0n) is 15.6. The molecule has 2 N–H and O–H groups in total. The Morgan fingerprint density at radius 2 is 1.84 bits per heavy atom. The van der Waals surface area contributed by atoms with Gasteiger partial charge >= 0.3 is 0 Å². The van der Waals surface area contributed by atoms with Crippen molar-refractivity contribution >= 4 is 23.2 Å². The fraction of sp³-hybridized carbons (Fsp3) is 0.600. The maximum Gasteiger partial charge on any atom is 0.253 e. The van der Waals surface area contributed by atoms with Gasteiger partial charge in [0.15, 0.2) is 0 Å². The summed E-state index contributed by atoms with van der Waals surface area (Å²) in [7, 11) is 0. The maximum atomic E-state index is 12.6. The lowest BCUT2D eigenvalue weighted by atomic mass is 10.1. The molecule has 1 heterocycles. The monoisotopic (exact) mass is 345 g/mol. The van der Waals surface area contributed by atoms with Crippen LogP contribution in [0.3, 0.4) is 0 Å². The van der Waals surface area contributed by atoms with E-state index in [0.717, 1.165) is 57.3 Å². The highest BCUT2D eigenvalue weighted by Crippen LogP contribution is 2.27. The predicted octanol–water partition coefficient (Wildman–Crippen LogP) is 3.95. The van der Waals surface area contributed by atoms with Gasteiger partial charge in [-0.15, -0.1) is 0 Å². The summed E-state index contributed by atoms with van der Waals surface area (Å²) in [6.45, 7) is 6.78. The van der Waals surface area contributed by atoms with Gasteiger partial charge in [-0.2, -0.15) is 0 Å². The van der Waals surface area contributed by atoms with Crippen LogP contribution in [-0.4, -0.2) is 31.4 Å². The molecule has 5 nitrogen and oxygen atoms in total. The Morgan fingerprint density at radius 1 is 1.08 bits per heavy atom. The molecule has 0 spiro atoms. The summed E-state index contributed by atoms with van der Waals surface area (Å²) in [6.07, 6.45) is 6.80. The number of anilines is 2. The van der Waals surface area contributed by atoms with Crippen LogP contribution in [0.2, 0.25) is 0 Å². The molecule has 2 rings (SSSR count). The first-order valence-corrected chi connectivity index (χ1v) is 9.62. The van der Waals surface area contributed by atoms with Gasteiger partial charge in [-0.3, -0.25) is 9.59 Å². The fourth-order valence-corrected chi connectivity index (χ4v) is 3.12. The average Bonchev–Trinajstić information content (AvgIpc) is 3.14. The van der Waals surface area contributed by atoms with E-state index in [0.29, 0.717) is 24.2 Å². The second-order valence-electron chi connectivity index (χ2n) is 6.69. The number of nitrogens with one attached hydrogen (secondary N) is 2. The zero-order valence-corrected chi connectivity index (χ0v) is 15.6. The van der Waals surface area contributed by atoms with Crippen molar-refractivity contribution in [3.05, 3.63) is 23.8 Å². The van der Waals surface area contributed by atoms with Gasteiger partial charge in [0, 0.05) is 37.4 Å². The van der Waals surface area contributed by atoms with Crippen molar-refractivity contribution in [2.24, 2.45) is 0 Å². The zero-order chi connectivity index (χ0) is 18.1. The van der Waals surface area contributed by atoms with E-state index in [1.54, 1.807) is 0 Å². The molecule has 0 aromatic heterocycles. The van der Waals surface area contributed by atoms with Gasteiger partial charge in [0.05, 0.1) is 5.56 Å². The van der Waals surface area contributed by atoms with E-state index in [4.69, 9.17) is 0 Å². The third kappa shape index (κ3) is 5.76. The summed E-state index contributed by atoms with van der Waals surface area (Å²) in [4.78, 5) is 26.9. The molecule has 1 aliphatic heterocycles. The number of benzene rings is 1. The molecule has 1 aliphatic rings. The van der Waals surface area contributed by atoms with Gasteiger partial charge in [-0.1, -0.05) is 26.7 Å². The van der Waals surface area contributed by atoms with E-state index in [1.807, 2.05) is 25.1 Å². The van der Waals surface area contributed by atoms with Gasteiger partial charge in [-0.25, -0.2) is 0 Å². The molecule has 2 amide bonds. The summed E-state index contributed by atoms with van der Waals surface area (Å²) in [5.41, 5.74) is 2.32. The number of carbonyl (C=O) groups excluding carboxylic acids is 2. The van der Waals surface area contributed by atoms with E-state index in [-0.39, 0.29) is 11.8 Å². The van der Waals surface area contributed by atoms with Gasteiger partial charge in [0.25, 0.3) is 5.91 Å². The van der Waals surface area contributed by atoms with Gasteiger partial charge in [0.1, 0.15) is 0 Å². The minimum absolute atomic E-state index is 0.0160. The molecule has 1 saturated heterocycles. The van der Waals surface area contributed by atoms with Crippen LogP contribution in [0.4, 0.5) is 11.4 Å². The van der Waals surface area contributed by atoms with Crippen LogP contribution in [0, 0.1) is 0 Å². The molecule has 0 aliphatic carbocycles. The first-order valence-electron chi connectivity index (χ1n) is 9.62. The quantitative estimate of drug-likeness (QED) is 0.666. The summed E-state index contributed by atoms with van der Waals surface area (Å²) in [5, 5.41) is 5.89. The van der Waals surface area contributed by atoms with Crippen molar-refractivity contribution in [1.82, 2.24) is 5.32 Å². The van der Waals surface area contributed by atoms with Gasteiger partial charge in [-0.05, 0) is 43.9 Å². The fourth-order valence-electron chi connectivity index (χ4n) is 3.12. The molecule has 0 saturated carbocycles. The number of carbonyl (C=O) groups is 2. The smallest absolute Gasteiger partial charge is 0.253 e. The largest absolute Gasteiger partial charge is 0.371 e. The third-order valence-electron chi connectivity index (χ3n) is 4.51. The highest BCUT2D eigenvalue weighted by Gasteiger charge is 2.20. The van der Waals surface area contributed by atoms with Crippen LogP contribution in [0.25, 0.3) is 0 Å². The second-order valence-corrected chi connectivity index (χ2v) is 6.69. The molecule has 0 radical (unpaired) electrons. The second kappa shape index (κ2) is 10.1. The lowest BCUT2D eigenvalue weighted by Crippen LogP contribution is -2.28. The van der Waals surface area contributed by atoms with E-state index in [2.05, 4.69) is 22.5 Å². The summed E-state index contributed by atoms with van der Waals surface area (Å²) in [5.74, 6) is -0.0480. The molecular weight excluding hydrogens is 314 g/mol. The molecule has 0 atom stereocenters. The minimum atomic E-state index is -0.0640. The Balaban J connectivity index is 2.13. The number of amides is 2. The Labute approximate surface area is 151 Å². The van der Waals surface area contributed by atoms with Crippen LogP contribution in [0.5, 0.6) is 0 Å². The van der Waals surface area contributed by atoms with Crippen LogP contribution in [-0.2, 0) is 4.79 Å². The number of hydrogen-bond donors (Lipinski definition) is 2. The normalized spacial score (nSPS) is 13.8. The third-order valence-corrected chi connectivity index (χ3v) is 4.51. The molecule has 1 aromatic rings. The first kappa shape index (κ1) is 19.3.